The molecule has 3 unspecified atom stereocenters. The maximum absolute atomic E-state index is 3.88. The average Bonchev–Trinajstić information content (AvgIpc) is 2.74. The summed E-state index contributed by atoms with van der Waals surface area (Å²) in [6.07, 6.45) is 4.12. The van der Waals surface area contributed by atoms with Gasteiger partial charge in [-0.25, -0.2) is 0 Å². The zero-order chi connectivity index (χ0) is 15.4. The molecule has 2 saturated carbocycles. The second kappa shape index (κ2) is 4.66. The van der Waals surface area contributed by atoms with Crippen molar-refractivity contribution < 1.29 is 0 Å². The highest BCUT2D eigenvalue weighted by Gasteiger charge is 2.61. The Morgan fingerprint density at radius 2 is 1.90 bits per heavy atom. The molecule has 1 aromatic carbocycles. The molecule has 0 saturated heterocycles. The van der Waals surface area contributed by atoms with E-state index < -0.39 is 0 Å². The molecule has 3 atom stereocenters. The summed E-state index contributed by atoms with van der Waals surface area (Å²) < 4.78 is 0. The van der Waals surface area contributed by atoms with Crippen LogP contribution in [-0.2, 0) is 0 Å². The highest BCUT2D eigenvalue weighted by atomic mass is 15.1. The number of rotatable bonds is 3. The Morgan fingerprint density at radius 1 is 1.19 bits per heavy atom. The van der Waals surface area contributed by atoms with Crippen LogP contribution < -0.4 is 10.2 Å². The van der Waals surface area contributed by atoms with E-state index in [0.717, 1.165) is 5.92 Å². The molecule has 3 rings (SSSR count). The summed E-state index contributed by atoms with van der Waals surface area (Å²) in [5.74, 6) is 0.890. The molecule has 0 aromatic heterocycles. The molecule has 0 amide bonds. The Kier molecular flexibility index (Phi) is 3.27. The summed E-state index contributed by atoms with van der Waals surface area (Å²) in [4.78, 5) is 2.17. The van der Waals surface area contributed by atoms with Crippen molar-refractivity contribution >= 4 is 11.4 Å². The molecule has 0 radical (unpaired) electrons. The maximum atomic E-state index is 3.88. The number of nitrogens with one attached hydrogen (secondary N) is 1. The minimum Gasteiger partial charge on any atom is -0.382 e. The van der Waals surface area contributed by atoms with Crippen LogP contribution in [0.15, 0.2) is 18.2 Å². The largest absolute Gasteiger partial charge is 0.382 e. The number of hydrogen-bond donors (Lipinski definition) is 1. The van der Waals surface area contributed by atoms with E-state index in [0.29, 0.717) is 16.9 Å². The lowest BCUT2D eigenvalue weighted by Crippen LogP contribution is -2.40. The van der Waals surface area contributed by atoms with E-state index in [2.05, 4.69) is 70.2 Å². The summed E-state index contributed by atoms with van der Waals surface area (Å²) in [7, 11) is 4.20. The molecule has 2 aliphatic carbocycles. The van der Waals surface area contributed by atoms with E-state index in [-0.39, 0.29) is 0 Å². The van der Waals surface area contributed by atoms with Crippen molar-refractivity contribution in [3.05, 3.63) is 23.8 Å². The lowest BCUT2D eigenvalue weighted by Gasteiger charge is -2.40. The van der Waals surface area contributed by atoms with Crippen molar-refractivity contribution in [1.82, 2.24) is 0 Å². The fourth-order valence-electron chi connectivity index (χ4n) is 4.70. The van der Waals surface area contributed by atoms with Gasteiger partial charge < -0.3 is 10.2 Å². The van der Waals surface area contributed by atoms with Crippen molar-refractivity contribution in [2.45, 2.75) is 53.0 Å². The van der Waals surface area contributed by atoms with Crippen LogP contribution in [0.4, 0.5) is 11.4 Å². The van der Waals surface area contributed by atoms with Gasteiger partial charge in [0.15, 0.2) is 0 Å². The lowest BCUT2D eigenvalue weighted by molar-refractivity contribution is 0.142. The quantitative estimate of drug-likeness (QED) is 0.867. The first-order valence-corrected chi connectivity index (χ1v) is 8.30. The second-order valence-electron chi connectivity index (χ2n) is 8.20. The molecule has 2 heteroatoms. The Balaban J connectivity index is 1.83. The first-order chi connectivity index (χ1) is 9.75. The molecule has 21 heavy (non-hydrogen) atoms. The fourth-order valence-corrected chi connectivity index (χ4v) is 4.70. The van der Waals surface area contributed by atoms with Crippen LogP contribution in [0.1, 0.15) is 45.6 Å². The van der Waals surface area contributed by atoms with Crippen LogP contribution in [-0.4, -0.2) is 20.1 Å². The normalized spacial score (nSPS) is 33.2. The SMILES string of the molecule is Cc1cc(N(C)C)ccc1NC1CC2CCC1(C)C2(C)C. The summed E-state index contributed by atoms with van der Waals surface area (Å²) in [6, 6.07) is 7.38. The van der Waals surface area contributed by atoms with Gasteiger partial charge >= 0.3 is 0 Å². The van der Waals surface area contributed by atoms with E-state index in [1.54, 1.807) is 0 Å². The summed E-state index contributed by atoms with van der Waals surface area (Å²) in [6.45, 7) is 9.68. The summed E-state index contributed by atoms with van der Waals surface area (Å²) in [5.41, 5.74) is 4.85. The molecule has 0 aliphatic heterocycles. The molecule has 116 valence electrons. The predicted octanol–water partition coefficient (Wildman–Crippen LogP) is 4.69. The molecule has 2 fully saturated rings. The van der Waals surface area contributed by atoms with Gasteiger partial charge in [0.25, 0.3) is 0 Å². The van der Waals surface area contributed by atoms with Crippen molar-refractivity contribution in [2.24, 2.45) is 16.7 Å². The third kappa shape index (κ3) is 2.06. The smallest absolute Gasteiger partial charge is 0.0373 e. The van der Waals surface area contributed by atoms with Gasteiger partial charge in [-0.3, -0.25) is 0 Å². The average molecular weight is 286 g/mol. The van der Waals surface area contributed by atoms with Crippen LogP contribution in [0.2, 0.25) is 0 Å². The Hall–Kier alpha value is -1.18. The fraction of sp³-hybridized carbons (Fsp3) is 0.684. The molecule has 2 nitrogen and oxygen atoms in total. The van der Waals surface area contributed by atoms with Gasteiger partial charge in [-0.05, 0) is 66.7 Å². The van der Waals surface area contributed by atoms with Gasteiger partial charge in [0.2, 0.25) is 0 Å². The number of nitrogens with zero attached hydrogens (tertiary/aromatic N) is 1. The topological polar surface area (TPSA) is 15.3 Å². The Labute approximate surface area is 129 Å². The minimum atomic E-state index is 0.435. The molecular weight excluding hydrogens is 256 g/mol. The third-order valence-electron chi connectivity index (χ3n) is 6.85. The molecule has 1 N–H and O–H groups in total. The van der Waals surface area contributed by atoms with Crippen LogP contribution in [0.3, 0.4) is 0 Å². The number of fused-ring (bicyclic) bond motifs is 2. The van der Waals surface area contributed by atoms with E-state index >= 15 is 0 Å². The maximum Gasteiger partial charge on any atom is 0.0373 e. The Bertz CT molecular complexity index is 546. The number of benzene rings is 1. The van der Waals surface area contributed by atoms with Crippen molar-refractivity contribution in [2.75, 3.05) is 24.3 Å². The van der Waals surface area contributed by atoms with E-state index in [4.69, 9.17) is 0 Å². The van der Waals surface area contributed by atoms with Crippen molar-refractivity contribution in [1.29, 1.82) is 0 Å². The van der Waals surface area contributed by atoms with Gasteiger partial charge in [-0.2, -0.15) is 0 Å². The summed E-state index contributed by atoms with van der Waals surface area (Å²) >= 11 is 0. The van der Waals surface area contributed by atoms with Gasteiger partial charge in [-0.1, -0.05) is 20.8 Å². The third-order valence-corrected chi connectivity index (χ3v) is 6.85. The highest BCUT2D eigenvalue weighted by Crippen LogP contribution is 2.65. The van der Waals surface area contributed by atoms with Crippen LogP contribution in [0.25, 0.3) is 0 Å². The van der Waals surface area contributed by atoms with Gasteiger partial charge in [0.1, 0.15) is 0 Å². The predicted molar refractivity (Wildman–Crippen MR) is 92.1 cm³/mol. The van der Waals surface area contributed by atoms with Gasteiger partial charge in [0.05, 0.1) is 0 Å². The van der Waals surface area contributed by atoms with Crippen molar-refractivity contribution in [3.63, 3.8) is 0 Å². The van der Waals surface area contributed by atoms with E-state index in [9.17, 15) is 0 Å². The molecule has 2 bridgehead atoms. The molecule has 1 aromatic rings. The summed E-state index contributed by atoms with van der Waals surface area (Å²) in [5, 5.41) is 3.88. The highest BCUT2D eigenvalue weighted by molar-refractivity contribution is 5.60. The number of anilines is 2. The number of hydrogen-bond acceptors (Lipinski definition) is 2. The molecule has 2 aliphatic rings. The van der Waals surface area contributed by atoms with E-state index in [1.807, 2.05) is 0 Å². The van der Waals surface area contributed by atoms with Gasteiger partial charge in [-0.15, -0.1) is 0 Å². The Morgan fingerprint density at radius 3 is 2.38 bits per heavy atom. The standard InChI is InChI=1S/C19H30N2/c1-13-11-15(21(5)6)7-8-16(13)20-17-12-14-9-10-19(17,4)18(14,2)3/h7-8,11,14,17,20H,9-10,12H2,1-6H3. The lowest BCUT2D eigenvalue weighted by atomic mass is 9.69. The molecular formula is C19H30N2. The monoisotopic (exact) mass is 286 g/mol. The second-order valence-corrected chi connectivity index (χ2v) is 8.20. The first-order valence-electron chi connectivity index (χ1n) is 8.30. The van der Waals surface area contributed by atoms with Gasteiger partial charge in [0, 0.05) is 31.5 Å². The van der Waals surface area contributed by atoms with Crippen LogP contribution in [0.5, 0.6) is 0 Å². The molecule has 0 heterocycles. The van der Waals surface area contributed by atoms with E-state index in [1.165, 1.54) is 36.2 Å². The minimum absolute atomic E-state index is 0.435. The molecule has 0 spiro atoms. The first kappa shape index (κ1) is 14.7. The zero-order valence-electron chi connectivity index (χ0n) is 14.5. The number of aryl methyl sites for hydroxylation is 1. The van der Waals surface area contributed by atoms with Crippen molar-refractivity contribution in [3.8, 4) is 0 Å². The van der Waals surface area contributed by atoms with Crippen LogP contribution in [0, 0.1) is 23.7 Å². The van der Waals surface area contributed by atoms with Crippen LogP contribution >= 0.6 is 0 Å². The zero-order valence-corrected chi connectivity index (χ0v) is 14.5.